The van der Waals surface area contributed by atoms with Gasteiger partial charge in [-0.15, -0.1) is 0 Å². The molecule has 0 fully saturated rings. The van der Waals surface area contributed by atoms with Crippen LogP contribution in [0.4, 0.5) is 0 Å². The first-order valence-electron chi connectivity index (χ1n) is 14.7. The van der Waals surface area contributed by atoms with E-state index >= 15 is 0 Å². The number of hydrogen-bond donors (Lipinski definition) is 9. The van der Waals surface area contributed by atoms with Crippen LogP contribution in [0.1, 0.15) is 41.4 Å². The van der Waals surface area contributed by atoms with Crippen molar-refractivity contribution in [2.45, 2.75) is 0 Å². The number of amides is 4. The fourth-order valence-corrected chi connectivity index (χ4v) is 4.43. The largest absolute Gasteiger partial charge is 0.504 e. The van der Waals surface area contributed by atoms with Gasteiger partial charge in [0.05, 0.1) is 22.3 Å². The van der Waals surface area contributed by atoms with Gasteiger partial charge < -0.3 is 56.6 Å². The molecule has 18 nitrogen and oxygen atoms in total. The Morgan fingerprint density at radius 1 is 0.583 bits per heavy atom. The molecule has 48 heavy (non-hydrogen) atoms. The SMILES string of the molecule is Cn1ccc(C(=O)NCCN(CCNC(=O)c2ccc(C(=O)NCCN)c(O)c2O)CCNC(=O)c2ccn(C)c(=O)c2O)c(O)c1=O. The van der Waals surface area contributed by atoms with E-state index in [1.54, 1.807) is 4.90 Å². The quantitative estimate of drug-likeness (QED) is 0.0759. The summed E-state index contributed by atoms with van der Waals surface area (Å²) in [5.74, 6) is -5.87. The highest BCUT2D eigenvalue weighted by atomic mass is 16.3. The van der Waals surface area contributed by atoms with Crippen molar-refractivity contribution in [1.29, 1.82) is 0 Å². The number of aryl methyl sites for hydroxylation is 2. The maximum atomic E-state index is 12.8. The predicted octanol–water partition coefficient (Wildman–Crippen LogP) is -2.51. The summed E-state index contributed by atoms with van der Waals surface area (Å²) >= 11 is 0. The molecule has 0 unspecified atom stereocenters. The van der Waals surface area contributed by atoms with E-state index < -0.39 is 57.7 Å². The van der Waals surface area contributed by atoms with Crippen molar-refractivity contribution < 1.29 is 39.6 Å². The molecule has 4 amide bonds. The lowest BCUT2D eigenvalue weighted by Crippen LogP contribution is -2.43. The molecule has 3 rings (SSSR count). The van der Waals surface area contributed by atoms with E-state index in [4.69, 9.17) is 5.73 Å². The van der Waals surface area contributed by atoms with Gasteiger partial charge in [-0.3, -0.25) is 33.7 Å². The van der Waals surface area contributed by atoms with Gasteiger partial charge in [0.1, 0.15) is 0 Å². The highest BCUT2D eigenvalue weighted by Gasteiger charge is 2.21. The summed E-state index contributed by atoms with van der Waals surface area (Å²) in [5.41, 5.74) is 2.87. The lowest BCUT2D eigenvalue weighted by atomic mass is 10.1. The van der Waals surface area contributed by atoms with Crippen LogP contribution in [-0.2, 0) is 14.1 Å². The first-order chi connectivity index (χ1) is 22.8. The van der Waals surface area contributed by atoms with E-state index in [9.17, 15) is 49.2 Å². The second-order valence-electron chi connectivity index (χ2n) is 10.5. The normalized spacial score (nSPS) is 10.8. The molecule has 10 N–H and O–H groups in total. The average molecular weight is 671 g/mol. The molecule has 0 aliphatic heterocycles. The van der Waals surface area contributed by atoms with E-state index in [2.05, 4.69) is 21.3 Å². The topological polar surface area (TPSA) is 271 Å². The molecule has 0 bridgehead atoms. The Morgan fingerprint density at radius 3 is 1.23 bits per heavy atom. The lowest BCUT2D eigenvalue weighted by molar-refractivity contribution is 0.0930. The Kier molecular flexibility index (Phi) is 12.7. The number of benzene rings is 1. The van der Waals surface area contributed by atoms with Crippen LogP contribution in [0.3, 0.4) is 0 Å². The molecule has 1 aromatic carbocycles. The van der Waals surface area contributed by atoms with Gasteiger partial charge in [0, 0.05) is 78.8 Å². The summed E-state index contributed by atoms with van der Waals surface area (Å²) in [7, 11) is 2.83. The van der Waals surface area contributed by atoms with Gasteiger partial charge in [0.2, 0.25) is 0 Å². The molecule has 258 valence electrons. The van der Waals surface area contributed by atoms with Crippen LogP contribution in [0.15, 0.2) is 46.2 Å². The molecular weight excluding hydrogens is 632 g/mol. The van der Waals surface area contributed by atoms with Gasteiger partial charge in [0.25, 0.3) is 34.7 Å². The average Bonchev–Trinajstić information content (AvgIpc) is 3.05. The predicted molar refractivity (Wildman–Crippen MR) is 171 cm³/mol. The Labute approximate surface area is 273 Å². The number of phenolic OH excluding ortho intramolecular Hbond substituents is 2. The molecule has 0 radical (unpaired) electrons. The summed E-state index contributed by atoms with van der Waals surface area (Å²) in [6, 6.07) is 4.92. The summed E-state index contributed by atoms with van der Waals surface area (Å²) in [6.45, 7) is 0.805. The van der Waals surface area contributed by atoms with Crippen LogP contribution in [0.25, 0.3) is 0 Å². The van der Waals surface area contributed by atoms with Crippen molar-refractivity contribution in [3.05, 3.63) is 79.6 Å². The second-order valence-corrected chi connectivity index (χ2v) is 10.5. The van der Waals surface area contributed by atoms with Gasteiger partial charge >= 0.3 is 0 Å². The Hall–Kier alpha value is -5.88. The number of phenols is 2. The lowest BCUT2D eigenvalue weighted by Gasteiger charge is -2.23. The van der Waals surface area contributed by atoms with Gasteiger partial charge in [-0.25, -0.2) is 0 Å². The number of hydrogen-bond acceptors (Lipinski definition) is 12. The molecule has 0 aliphatic rings. The molecular formula is C30H38N8O10. The molecule has 0 atom stereocenters. The Balaban J connectivity index is 1.65. The Morgan fingerprint density at radius 2 is 0.896 bits per heavy atom. The molecule has 0 spiro atoms. The third-order valence-corrected chi connectivity index (χ3v) is 7.19. The first-order valence-corrected chi connectivity index (χ1v) is 14.7. The van der Waals surface area contributed by atoms with E-state index in [0.717, 1.165) is 9.13 Å². The second kappa shape index (κ2) is 16.6. The molecule has 2 heterocycles. The van der Waals surface area contributed by atoms with Crippen LogP contribution in [0, 0.1) is 0 Å². The van der Waals surface area contributed by atoms with Crippen LogP contribution in [0.5, 0.6) is 23.0 Å². The number of carbonyl (C=O) groups is 4. The number of aromatic hydroxyl groups is 4. The highest BCUT2D eigenvalue weighted by molar-refractivity contribution is 6.03. The molecule has 0 aliphatic carbocycles. The van der Waals surface area contributed by atoms with Crippen molar-refractivity contribution in [1.82, 2.24) is 35.3 Å². The van der Waals surface area contributed by atoms with Gasteiger partial charge in [-0.1, -0.05) is 0 Å². The van der Waals surface area contributed by atoms with Gasteiger partial charge in [0.15, 0.2) is 23.0 Å². The maximum absolute atomic E-state index is 12.8. The minimum atomic E-state index is -0.798. The number of carbonyl (C=O) groups excluding carboxylic acids is 4. The van der Waals surface area contributed by atoms with Crippen LogP contribution >= 0.6 is 0 Å². The molecule has 3 aromatic rings. The number of nitrogens with two attached hydrogens (primary N) is 1. The van der Waals surface area contributed by atoms with E-state index in [1.807, 2.05) is 0 Å². The maximum Gasteiger partial charge on any atom is 0.293 e. The van der Waals surface area contributed by atoms with Crippen molar-refractivity contribution in [3.63, 3.8) is 0 Å². The van der Waals surface area contributed by atoms with Crippen molar-refractivity contribution in [3.8, 4) is 23.0 Å². The summed E-state index contributed by atoms with van der Waals surface area (Å²) in [5, 5.41) is 51.0. The third kappa shape index (κ3) is 8.89. The van der Waals surface area contributed by atoms with Crippen molar-refractivity contribution in [2.75, 3.05) is 52.4 Å². The number of nitrogens with zero attached hydrogens (tertiary/aromatic N) is 3. The smallest absolute Gasteiger partial charge is 0.293 e. The van der Waals surface area contributed by atoms with Crippen molar-refractivity contribution >= 4 is 23.6 Å². The summed E-state index contributed by atoms with van der Waals surface area (Å²) in [4.78, 5) is 75.9. The molecule has 2 aromatic heterocycles. The van der Waals surface area contributed by atoms with E-state index in [1.165, 1.54) is 50.8 Å². The third-order valence-electron chi connectivity index (χ3n) is 7.19. The minimum absolute atomic E-state index is 0.00923. The monoisotopic (exact) mass is 670 g/mol. The van der Waals surface area contributed by atoms with E-state index in [0.29, 0.717) is 0 Å². The zero-order valence-corrected chi connectivity index (χ0v) is 26.3. The number of aromatic nitrogens is 2. The Bertz CT molecular complexity index is 1720. The summed E-state index contributed by atoms with van der Waals surface area (Å²) in [6.07, 6.45) is 2.66. The minimum Gasteiger partial charge on any atom is -0.504 e. The van der Waals surface area contributed by atoms with Gasteiger partial charge in [-0.2, -0.15) is 0 Å². The zero-order chi connectivity index (χ0) is 35.5. The fraction of sp³-hybridized carbons (Fsp3) is 0.333. The van der Waals surface area contributed by atoms with Gasteiger partial charge in [-0.05, 0) is 24.3 Å². The number of nitrogens with one attached hydrogen (secondary N) is 4. The molecule has 0 saturated carbocycles. The van der Waals surface area contributed by atoms with Crippen LogP contribution < -0.4 is 38.1 Å². The fourth-order valence-electron chi connectivity index (χ4n) is 4.43. The highest BCUT2D eigenvalue weighted by Crippen LogP contribution is 2.32. The molecule has 0 saturated heterocycles. The van der Waals surface area contributed by atoms with Crippen molar-refractivity contribution in [2.24, 2.45) is 19.8 Å². The number of rotatable bonds is 15. The van der Waals surface area contributed by atoms with Crippen LogP contribution in [-0.4, -0.2) is 110 Å². The zero-order valence-electron chi connectivity index (χ0n) is 26.3. The van der Waals surface area contributed by atoms with E-state index in [-0.39, 0.29) is 74.6 Å². The number of pyridine rings is 2. The van der Waals surface area contributed by atoms with Crippen LogP contribution in [0.2, 0.25) is 0 Å². The first kappa shape index (κ1) is 36.6. The molecule has 18 heteroatoms. The standard InChI is InChI=1S/C30H38N8O10/c1-36-12-5-19(23(41)29(36)47)27(45)34-10-15-38(16-11-35-28(46)20-6-13-37(2)30(48)24(20)42)14-9-33-26(44)18-4-3-17(21(39)22(18)40)25(43)32-8-7-31/h3-6,12-13,39-42H,7-11,14-16,31H2,1-2H3,(H,32,43)(H,33,44)(H,34,45)(H,35,46). The summed E-state index contributed by atoms with van der Waals surface area (Å²) < 4.78 is 2.22.